The van der Waals surface area contributed by atoms with Crippen LogP contribution in [0.15, 0.2) is 18.3 Å². The van der Waals surface area contributed by atoms with Gasteiger partial charge in [-0.15, -0.1) is 0 Å². The molecular weight excluding hydrogens is 234 g/mol. The smallest absolute Gasteiger partial charge is 0.132 e. The third-order valence-electron chi connectivity index (χ3n) is 4.07. The molecule has 3 nitrogen and oxygen atoms in total. The van der Waals surface area contributed by atoms with Crippen molar-refractivity contribution in [3.8, 4) is 0 Å². The zero-order valence-electron chi connectivity index (χ0n) is 12.4. The van der Waals surface area contributed by atoms with Crippen LogP contribution < -0.4 is 10.2 Å². The van der Waals surface area contributed by atoms with E-state index in [1.165, 1.54) is 44.1 Å². The predicted octanol–water partition coefficient (Wildman–Crippen LogP) is 3.35. The number of nitrogens with zero attached hydrogens (tertiary/aromatic N) is 2. The van der Waals surface area contributed by atoms with Crippen LogP contribution in [0, 0.1) is 0 Å². The number of aromatic nitrogens is 1. The summed E-state index contributed by atoms with van der Waals surface area (Å²) in [7, 11) is 2.21. The average Bonchev–Trinajstić information content (AvgIpc) is 2.48. The molecule has 0 bridgehead atoms. The number of hydrogen-bond acceptors (Lipinski definition) is 3. The molecule has 0 radical (unpaired) electrons. The van der Waals surface area contributed by atoms with Crippen molar-refractivity contribution >= 4 is 5.82 Å². The van der Waals surface area contributed by atoms with Crippen molar-refractivity contribution in [2.75, 3.05) is 18.5 Å². The summed E-state index contributed by atoms with van der Waals surface area (Å²) in [5, 5.41) is 3.48. The van der Waals surface area contributed by atoms with Crippen LogP contribution >= 0.6 is 0 Å². The van der Waals surface area contributed by atoms with Crippen LogP contribution in [0.1, 0.15) is 51.0 Å². The fraction of sp³-hybridized carbons (Fsp3) is 0.688. The van der Waals surface area contributed by atoms with Gasteiger partial charge in [-0.05, 0) is 31.9 Å². The Balaban J connectivity index is 2.04. The fourth-order valence-electron chi connectivity index (χ4n) is 2.93. The minimum Gasteiger partial charge on any atom is -0.356 e. The number of nitrogens with one attached hydrogen (secondary N) is 1. The molecule has 1 aromatic rings. The lowest BCUT2D eigenvalue weighted by Crippen LogP contribution is -2.35. The van der Waals surface area contributed by atoms with E-state index in [1.54, 1.807) is 0 Å². The lowest BCUT2D eigenvalue weighted by Gasteiger charge is -2.33. The topological polar surface area (TPSA) is 28.2 Å². The van der Waals surface area contributed by atoms with E-state index in [0.717, 1.165) is 18.9 Å². The molecule has 3 heteroatoms. The van der Waals surface area contributed by atoms with Crippen molar-refractivity contribution in [2.45, 2.75) is 58.0 Å². The minimum absolute atomic E-state index is 0.675. The molecular formula is C16H27N3. The summed E-state index contributed by atoms with van der Waals surface area (Å²) in [6, 6.07) is 4.92. The van der Waals surface area contributed by atoms with Gasteiger partial charge in [0.1, 0.15) is 5.82 Å². The minimum atomic E-state index is 0.675. The van der Waals surface area contributed by atoms with Crippen LogP contribution in [-0.4, -0.2) is 24.6 Å². The van der Waals surface area contributed by atoms with Gasteiger partial charge in [0, 0.05) is 31.4 Å². The van der Waals surface area contributed by atoms with Gasteiger partial charge in [0.05, 0.1) is 0 Å². The van der Waals surface area contributed by atoms with E-state index in [0.29, 0.717) is 6.04 Å². The van der Waals surface area contributed by atoms with Gasteiger partial charge in [-0.2, -0.15) is 0 Å². The second-order valence-corrected chi connectivity index (χ2v) is 5.57. The van der Waals surface area contributed by atoms with Gasteiger partial charge in [-0.25, -0.2) is 4.98 Å². The zero-order valence-corrected chi connectivity index (χ0v) is 12.4. The Hall–Kier alpha value is -1.09. The molecule has 1 aliphatic carbocycles. The normalized spacial score (nSPS) is 16.5. The standard InChI is InChI=1S/C16H27N3/c1-3-11-17-13-14-8-7-12-18-16(14)19(2)15-9-5-4-6-10-15/h7-8,12,15,17H,3-6,9-11,13H2,1-2H3. The van der Waals surface area contributed by atoms with Gasteiger partial charge in [0.2, 0.25) is 0 Å². The number of hydrogen-bond donors (Lipinski definition) is 1. The summed E-state index contributed by atoms with van der Waals surface area (Å²) >= 11 is 0. The molecule has 1 fully saturated rings. The Kier molecular flexibility index (Phi) is 5.64. The monoisotopic (exact) mass is 261 g/mol. The van der Waals surface area contributed by atoms with Gasteiger partial charge < -0.3 is 10.2 Å². The van der Waals surface area contributed by atoms with E-state index in [1.807, 2.05) is 12.3 Å². The first-order chi connectivity index (χ1) is 9.33. The summed E-state index contributed by atoms with van der Waals surface area (Å²) < 4.78 is 0. The highest BCUT2D eigenvalue weighted by atomic mass is 15.2. The van der Waals surface area contributed by atoms with E-state index in [9.17, 15) is 0 Å². The largest absolute Gasteiger partial charge is 0.356 e. The molecule has 0 atom stereocenters. The first kappa shape index (κ1) is 14.3. The van der Waals surface area contributed by atoms with E-state index in [2.05, 4.69) is 35.2 Å². The summed E-state index contributed by atoms with van der Waals surface area (Å²) in [6.07, 6.45) is 9.85. The molecule has 0 aromatic carbocycles. The molecule has 106 valence electrons. The molecule has 0 aliphatic heterocycles. The lowest BCUT2D eigenvalue weighted by atomic mass is 9.94. The Morgan fingerprint density at radius 2 is 2.11 bits per heavy atom. The van der Waals surface area contributed by atoms with Crippen LogP contribution in [-0.2, 0) is 6.54 Å². The third-order valence-corrected chi connectivity index (χ3v) is 4.07. The first-order valence-electron chi connectivity index (χ1n) is 7.70. The summed E-state index contributed by atoms with van der Waals surface area (Å²) in [4.78, 5) is 7.02. The fourth-order valence-corrected chi connectivity index (χ4v) is 2.93. The molecule has 2 rings (SSSR count). The lowest BCUT2D eigenvalue weighted by molar-refractivity contribution is 0.425. The Bertz CT molecular complexity index is 372. The van der Waals surface area contributed by atoms with Crippen LogP contribution in [0.3, 0.4) is 0 Å². The Morgan fingerprint density at radius 1 is 1.32 bits per heavy atom. The molecule has 19 heavy (non-hydrogen) atoms. The van der Waals surface area contributed by atoms with Gasteiger partial charge in [-0.3, -0.25) is 0 Å². The average molecular weight is 261 g/mol. The van der Waals surface area contributed by atoms with Crippen molar-refractivity contribution in [1.29, 1.82) is 0 Å². The third kappa shape index (κ3) is 3.93. The maximum absolute atomic E-state index is 4.62. The maximum Gasteiger partial charge on any atom is 0.132 e. The van der Waals surface area contributed by atoms with Crippen LogP contribution in [0.5, 0.6) is 0 Å². The van der Waals surface area contributed by atoms with Crippen molar-refractivity contribution < 1.29 is 0 Å². The van der Waals surface area contributed by atoms with E-state index >= 15 is 0 Å². The van der Waals surface area contributed by atoms with Gasteiger partial charge >= 0.3 is 0 Å². The second kappa shape index (κ2) is 7.49. The van der Waals surface area contributed by atoms with Crippen LogP contribution in [0.4, 0.5) is 5.82 Å². The highest BCUT2D eigenvalue weighted by Gasteiger charge is 2.20. The van der Waals surface area contributed by atoms with Crippen LogP contribution in [0.2, 0.25) is 0 Å². The van der Waals surface area contributed by atoms with E-state index < -0.39 is 0 Å². The maximum atomic E-state index is 4.62. The Morgan fingerprint density at radius 3 is 2.84 bits per heavy atom. The van der Waals surface area contributed by atoms with Crippen molar-refractivity contribution in [3.05, 3.63) is 23.9 Å². The molecule has 1 heterocycles. The molecule has 1 aliphatic rings. The molecule has 1 saturated carbocycles. The number of rotatable bonds is 6. The molecule has 1 aromatic heterocycles. The van der Waals surface area contributed by atoms with Crippen LogP contribution in [0.25, 0.3) is 0 Å². The highest BCUT2D eigenvalue weighted by molar-refractivity contribution is 5.47. The van der Waals surface area contributed by atoms with E-state index in [-0.39, 0.29) is 0 Å². The summed E-state index contributed by atoms with van der Waals surface area (Å²) in [5.41, 5.74) is 1.32. The highest BCUT2D eigenvalue weighted by Crippen LogP contribution is 2.26. The molecule has 0 spiro atoms. The molecule has 0 unspecified atom stereocenters. The van der Waals surface area contributed by atoms with E-state index in [4.69, 9.17) is 0 Å². The predicted molar refractivity (Wildman–Crippen MR) is 81.5 cm³/mol. The van der Waals surface area contributed by atoms with Crippen molar-refractivity contribution in [1.82, 2.24) is 10.3 Å². The molecule has 0 amide bonds. The van der Waals surface area contributed by atoms with Gasteiger partial charge in [-0.1, -0.05) is 32.3 Å². The van der Waals surface area contributed by atoms with Gasteiger partial charge in [0.25, 0.3) is 0 Å². The van der Waals surface area contributed by atoms with Crippen molar-refractivity contribution in [3.63, 3.8) is 0 Å². The quantitative estimate of drug-likeness (QED) is 0.796. The summed E-state index contributed by atoms with van der Waals surface area (Å²) in [6.45, 7) is 4.20. The number of anilines is 1. The van der Waals surface area contributed by atoms with Gasteiger partial charge in [0.15, 0.2) is 0 Å². The SMILES string of the molecule is CCCNCc1cccnc1N(C)C1CCCCC1. The second-order valence-electron chi connectivity index (χ2n) is 5.57. The first-order valence-corrected chi connectivity index (χ1v) is 7.70. The van der Waals surface area contributed by atoms with Crippen molar-refractivity contribution in [2.24, 2.45) is 0 Å². The Labute approximate surface area is 117 Å². The zero-order chi connectivity index (χ0) is 13.5. The summed E-state index contributed by atoms with van der Waals surface area (Å²) in [5.74, 6) is 1.16. The molecule has 1 N–H and O–H groups in total. The number of pyridine rings is 1. The molecule has 0 saturated heterocycles.